The van der Waals surface area contributed by atoms with E-state index in [9.17, 15) is 13.2 Å². The van der Waals surface area contributed by atoms with Gasteiger partial charge in [0, 0.05) is 25.1 Å². The Balaban J connectivity index is 1.40. The van der Waals surface area contributed by atoms with E-state index in [-0.39, 0.29) is 16.3 Å². The number of hydrogen-bond donors (Lipinski definition) is 3. The number of nitrogens with two attached hydrogens (primary N) is 1. The van der Waals surface area contributed by atoms with Gasteiger partial charge in [-0.2, -0.15) is 0 Å². The first-order chi connectivity index (χ1) is 12.9. The standard InChI is InChI=1S/C19H28N4O3S/c1-19(13-20,14-10-11-14)22-17(24)9-3-2-6-12-21-18-15-7-4-5-8-16(15)27(25,26)23-18/h4-5,7-8,14H,2-3,6,9-13,20H2,1H3,(H,21,23)(H,22,24). The van der Waals surface area contributed by atoms with E-state index in [4.69, 9.17) is 5.73 Å². The van der Waals surface area contributed by atoms with Gasteiger partial charge in [0.15, 0.2) is 0 Å². The normalized spacial score (nSPS) is 21.3. The summed E-state index contributed by atoms with van der Waals surface area (Å²) in [7, 11) is -3.48. The third-order valence-electron chi connectivity index (χ3n) is 5.32. The van der Waals surface area contributed by atoms with Crippen LogP contribution in [0, 0.1) is 5.92 Å². The van der Waals surface area contributed by atoms with Crippen molar-refractivity contribution < 1.29 is 13.2 Å². The van der Waals surface area contributed by atoms with Gasteiger partial charge >= 0.3 is 0 Å². The largest absolute Gasteiger partial charge is 0.349 e. The van der Waals surface area contributed by atoms with E-state index in [2.05, 4.69) is 15.0 Å². The maximum Gasteiger partial charge on any atom is 0.263 e. The molecule has 148 valence electrons. The molecule has 1 aromatic rings. The number of unbranched alkanes of at least 4 members (excludes halogenated alkanes) is 2. The first-order valence-corrected chi connectivity index (χ1v) is 11.0. The monoisotopic (exact) mass is 392 g/mol. The van der Waals surface area contributed by atoms with Gasteiger partial charge in [-0.3, -0.25) is 14.5 Å². The lowest BCUT2D eigenvalue weighted by Gasteiger charge is -2.29. The zero-order valence-corrected chi connectivity index (χ0v) is 16.5. The summed E-state index contributed by atoms with van der Waals surface area (Å²) in [5, 5.41) is 3.09. The molecule has 0 bridgehead atoms. The molecule has 2 aliphatic rings. The van der Waals surface area contributed by atoms with Crippen LogP contribution in [0.4, 0.5) is 0 Å². The summed E-state index contributed by atoms with van der Waals surface area (Å²) in [6.07, 6.45) is 5.21. The third kappa shape index (κ3) is 4.68. The van der Waals surface area contributed by atoms with Crippen LogP contribution in [0.2, 0.25) is 0 Å². The Hall–Kier alpha value is -1.93. The number of rotatable bonds is 9. The van der Waals surface area contributed by atoms with Crippen molar-refractivity contribution in [3.05, 3.63) is 29.8 Å². The maximum atomic E-state index is 12.1. The highest BCUT2D eigenvalue weighted by Gasteiger charge is 2.41. The second kappa shape index (κ2) is 7.98. The summed E-state index contributed by atoms with van der Waals surface area (Å²) in [5.74, 6) is 0.977. The molecule has 0 radical (unpaired) electrons. The smallest absolute Gasteiger partial charge is 0.263 e. The second-order valence-electron chi connectivity index (χ2n) is 7.59. The highest BCUT2D eigenvalue weighted by Crippen LogP contribution is 2.39. The van der Waals surface area contributed by atoms with Crippen LogP contribution in [0.25, 0.3) is 0 Å². The van der Waals surface area contributed by atoms with Crippen LogP contribution in [0.15, 0.2) is 34.2 Å². The lowest BCUT2D eigenvalue weighted by atomic mass is 9.95. The topological polar surface area (TPSA) is 114 Å². The molecule has 1 unspecified atom stereocenters. The molecule has 1 saturated carbocycles. The molecule has 1 fully saturated rings. The molecule has 1 aliphatic carbocycles. The second-order valence-corrected chi connectivity index (χ2v) is 9.24. The minimum absolute atomic E-state index is 0.0543. The van der Waals surface area contributed by atoms with Gasteiger partial charge in [0.1, 0.15) is 5.84 Å². The number of amides is 1. The van der Waals surface area contributed by atoms with Gasteiger partial charge in [0.2, 0.25) is 5.91 Å². The Morgan fingerprint density at radius 3 is 2.74 bits per heavy atom. The average Bonchev–Trinajstić information content (AvgIpc) is 3.45. The lowest BCUT2D eigenvalue weighted by molar-refractivity contribution is -0.123. The van der Waals surface area contributed by atoms with Crippen molar-refractivity contribution in [1.29, 1.82) is 0 Å². The summed E-state index contributed by atoms with van der Waals surface area (Å²) in [6, 6.07) is 6.83. The predicted octanol–water partition coefficient (Wildman–Crippen LogP) is 1.53. The molecule has 0 spiro atoms. The van der Waals surface area contributed by atoms with Crippen LogP contribution in [-0.4, -0.2) is 38.8 Å². The molecule has 1 aromatic carbocycles. The fraction of sp³-hybridized carbons (Fsp3) is 0.579. The number of hydrogen-bond acceptors (Lipinski definition) is 5. The molecule has 0 aromatic heterocycles. The minimum Gasteiger partial charge on any atom is -0.349 e. The van der Waals surface area contributed by atoms with Crippen LogP contribution < -0.4 is 15.8 Å². The number of nitrogens with one attached hydrogen (secondary N) is 2. The molecule has 3 rings (SSSR count). The molecule has 0 saturated heterocycles. The van der Waals surface area contributed by atoms with E-state index in [1.54, 1.807) is 24.3 Å². The molecule has 1 amide bonds. The van der Waals surface area contributed by atoms with Crippen LogP contribution in [0.1, 0.15) is 51.0 Å². The number of benzene rings is 1. The van der Waals surface area contributed by atoms with Gasteiger partial charge in [0.05, 0.1) is 10.4 Å². The Morgan fingerprint density at radius 1 is 1.30 bits per heavy atom. The van der Waals surface area contributed by atoms with E-state index in [0.717, 1.165) is 32.1 Å². The zero-order chi connectivity index (χ0) is 19.5. The third-order valence-corrected chi connectivity index (χ3v) is 6.72. The number of sulfonamides is 1. The molecule has 8 heteroatoms. The zero-order valence-electron chi connectivity index (χ0n) is 15.7. The molecular formula is C19H28N4O3S. The van der Waals surface area contributed by atoms with Crippen LogP contribution >= 0.6 is 0 Å². The SMILES string of the molecule is CC(CN)(NC(=O)CCCCCN=C1NS(=O)(=O)c2ccccc21)C1CC1. The fourth-order valence-electron chi connectivity index (χ4n) is 3.44. The quantitative estimate of drug-likeness (QED) is 0.553. The van der Waals surface area contributed by atoms with E-state index in [0.29, 0.717) is 36.8 Å². The molecule has 4 N–H and O–H groups in total. The molecule has 1 heterocycles. The van der Waals surface area contributed by atoms with E-state index in [1.807, 2.05) is 6.92 Å². The number of carbonyl (C=O) groups excluding carboxylic acids is 1. The summed E-state index contributed by atoms with van der Waals surface area (Å²) in [5.41, 5.74) is 6.18. The lowest BCUT2D eigenvalue weighted by Crippen LogP contribution is -2.53. The van der Waals surface area contributed by atoms with Crippen molar-refractivity contribution in [2.45, 2.75) is 55.9 Å². The number of nitrogens with zero attached hydrogens (tertiary/aromatic N) is 1. The molecule has 7 nitrogen and oxygen atoms in total. The maximum absolute atomic E-state index is 12.1. The molecule has 27 heavy (non-hydrogen) atoms. The number of aliphatic imine (C=N–C) groups is 1. The highest BCUT2D eigenvalue weighted by molar-refractivity contribution is 7.90. The van der Waals surface area contributed by atoms with Crippen LogP contribution in [0.5, 0.6) is 0 Å². The van der Waals surface area contributed by atoms with Gasteiger partial charge in [-0.25, -0.2) is 8.42 Å². The molecule has 1 atom stereocenters. The van der Waals surface area contributed by atoms with Crippen molar-refractivity contribution in [2.24, 2.45) is 16.6 Å². The fourth-order valence-corrected chi connectivity index (χ4v) is 4.69. The summed E-state index contributed by atoms with van der Waals surface area (Å²) in [6.45, 7) is 3.02. The van der Waals surface area contributed by atoms with Gasteiger partial charge in [-0.15, -0.1) is 0 Å². The van der Waals surface area contributed by atoms with Gasteiger partial charge in [0.25, 0.3) is 10.0 Å². The van der Waals surface area contributed by atoms with Crippen molar-refractivity contribution in [1.82, 2.24) is 10.0 Å². The van der Waals surface area contributed by atoms with Crippen molar-refractivity contribution in [3.8, 4) is 0 Å². The first kappa shape index (κ1) is 19.8. The van der Waals surface area contributed by atoms with Crippen molar-refractivity contribution >= 4 is 21.8 Å². The Labute approximate surface area is 160 Å². The van der Waals surface area contributed by atoms with Gasteiger partial charge < -0.3 is 11.1 Å². The van der Waals surface area contributed by atoms with Gasteiger partial charge in [-0.05, 0) is 50.7 Å². The number of fused-ring (bicyclic) bond motifs is 1. The number of amidine groups is 1. The molecular weight excluding hydrogens is 364 g/mol. The Kier molecular flexibility index (Phi) is 5.86. The summed E-state index contributed by atoms with van der Waals surface area (Å²) in [4.78, 5) is 16.8. The minimum atomic E-state index is -3.48. The van der Waals surface area contributed by atoms with Crippen molar-refractivity contribution in [3.63, 3.8) is 0 Å². The predicted molar refractivity (Wildman–Crippen MR) is 105 cm³/mol. The summed E-state index contributed by atoms with van der Waals surface area (Å²) >= 11 is 0. The van der Waals surface area contributed by atoms with Gasteiger partial charge in [-0.1, -0.05) is 18.6 Å². The first-order valence-electron chi connectivity index (χ1n) is 9.53. The Bertz CT molecular complexity index is 833. The van der Waals surface area contributed by atoms with Crippen molar-refractivity contribution in [2.75, 3.05) is 13.1 Å². The molecule has 1 aliphatic heterocycles. The van der Waals surface area contributed by atoms with E-state index >= 15 is 0 Å². The number of carbonyl (C=O) groups is 1. The van der Waals surface area contributed by atoms with E-state index < -0.39 is 10.0 Å². The van der Waals surface area contributed by atoms with Crippen LogP contribution in [0.3, 0.4) is 0 Å². The van der Waals surface area contributed by atoms with E-state index in [1.165, 1.54) is 0 Å². The Morgan fingerprint density at radius 2 is 2.04 bits per heavy atom. The average molecular weight is 393 g/mol. The highest BCUT2D eigenvalue weighted by atomic mass is 32.2. The summed E-state index contributed by atoms with van der Waals surface area (Å²) < 4.78 is 26.5. The van der Waals surface area contributed by atoms with Crippen LogP contribution in [-0.2, 0) is 14.8 Å².